The van der Waals surface area contributed by atoms with Crippen molar-refractivity contribution in [2.75, 3.05) is 19.1 Å². The number of halogens is 1. The van der Waals surface area contributed by atoms with Crippen LogP contribution >= 0.6 is 15.9 Å². The molecule has 6 nitrogen and oxygen atoms in total. The van der Waals surface area contributed by atoms with Gasteiger partial charge in [-0.1, -0.05) is 15.9 Å². The molecule has 0 aliphatic heterocycles. The normalized spacial score (nSPS) is 9.44. The highest BCUT2D eigenvalue weighted by Gasteiger charge is 2.26. The molecule has 0 atom stereocenters. The van der Waals surface area contributed by atoms with Crippen LogP contribution in [0.1, 0.15) is 0 Å². The van der Waals surface area contributed by atoms with E-state index in [-0.39, 0.29) is 5.82 Å². The van der Waals surface area contributed by atoms with E-state index in [1.54, 1.807) is 6.07 Å². The summed E-state index contributed by atoms with van der Waals surface area (Å²) < 4.78 is 9.60. The van der Waals surface area contributed by atoms with Crippen LogP contribution < -0.4 is 4.90 Å². The molecule has 0 fully saturated rings. The number of amides is 2. The first-order chi connectivity index (χ1) is 7.60. The largest absolute Gasteiger partial charge is 0.452 e. The Bertz CT molecular complexity index is 394. The van der Waals surface area contributed by atoms with Crippen molar-refractivity contribution >= 4 is 33.9 Å². The molecule has 1 aromatic rings. The highest BCUT2D eigenvalue weighted by Crippen LogP contribution is 2.18. The molecule has 0 spiro atoms. The van der Waals surface area contributed by atoms with Crippen LogP contribution in [0.5, 0.6) is 0 Å². The summed E-state index contributed by atoms with van der Waals surface area (Å²) >= 11 is 3.20. The van der Waals surface area contributed by atoms with Crippen molar-refractivity contribution in [2.45, 2.75) is 0 Å². The molecular formula is C9H9BrN2O4. The lowest BCUT2D eigenvalue weighted by molar-refractivity contribution is 0.159. The van der Waals surface area contributed by atoms with Gasteiger partial charge in [0.1, 0.15) is 5.82 Å². The minimum atomic E-state index is -0.863. The van der Waals surface area contributed by atoms with E-state index in [4.69, 9.17) is 0 Å². The third kappa shape index (κ3) is 2.69. The van der Waals surface area contributed by atoms with Gasteiger partial charge in [0.2, 0.25) is 0 Å². The lowest BCUT2D eigenvalue weighted by atomic mass is 10.4. The van der Waals surface area contributed by atoms with Crippen molar-refractivity contribution < 1.29 is 19.1 Å². The van der Waals surface area contributed by atoms with Crippen LogP contribution in [0.15, 0.2) is 22.8 Å². The van der Waals surface area contributed by atoms with E-state index >= 15 is 0 Å². The number of pyridine rings is 1. The van der Waals surface area contributed by atoms with Crippen LogP contribution in [0.4, 0.5) is 15.4 Å². The van der Waals surface area contributed by atoms with Gasteiger partial charge >= 0.3 is 12.2 Å². The van der Waals surface area contributed by atoms with Crippen LogP contribution in [-0.2, 0) is 9.47 Å². The summed E-state index contributed by atoms with van der Waals surface area (Å²) in [6.45, 7) is 0. The predicted octanol–water partition coefficient (Wildman–Crippen LogP) is 2.18. The third-order valence-corrected chi connectivity index (χ3v) is 2.14. The second-order valence-corrected chi connectivity index (χ2v) is 3.52. The van der Waals surface area contributed by atoms with Crippen molar-refractivity contribution in [2.24, 2.45) is 0 Å². The number of hydrogen-bond acceptors (Lipinski definition) is 5. The van der Waals surface area contributed by atoms with Gasteiger partial charge in [-0.2, -0.15) is 4.90 Å². The summed E-state index contributed by atoms with van der Waals surface area (Å²) in [7, 11) is 2.33. The Balaban J connectivity index is 3.10. The first-order valence-electron chi connectivity index (χ1n) is 4.17. The van der Waals surface area contributed by atoms with Crippen LogP contribution in [0, 0.1) is 0 Å². The summed E-state index contributed by atoms with van der Waals surface area (Å²) in [4.78, 5) is 27.3. The summed E-state index contributed by atoms with van der Waals surface area (Å²) in [5.41, 5.74) is 0. The number of hydrogen-bond donors (Lipinski definition) is 0. The molecule has 0 aliphatic rings. The molecule has 0 saturated heterocycles. The molecule has 0 radical (unpaired) electrons. The number of nitrogens with zero attached hydrogens (tertiary/aromatic N) is 2. The molecule has 2 amide bonds. The van der Waals surface area contributed by atoms with Gasteiger partial charge < -0.3 is 9.47 Å². The Hall–Kier alpha value is -1.63. The summed E-state index contributed by atoms with van der Waals surface area (Å²) in [5.74, 6) is 0.119. The first-order valence-corrected chi connectivity index (χ1v) is 4.97. The van der Waals surface area contributed by atoms with E-state index in [0.717, 1.165) is 14.2 Å². The average Bonchev–Trinajstić information content (AvgIpc) is 2.29. The highest BCUT2D eigenvalue weighted by atomic mass is 79.9. The molecule has 0 aliphatic carbocycles. The van der Waals surface area contributed by atoms with Gasteiger partial charge in [0.05, 0.1) is 14.2 Å². The molecule has 1 aromatic heterocycles. The van der Waals surface area contributed by atoms with Gasteiger partial charge in [0.25, 0.3) is 0 Å². The first kappa shape index (κ1) is 12.4. The fourth-order valence-electron chi connectivity index (χ4n) is 0.960. The lowest BCUT2D eigenvalue weighted by Crippen LogP contribution is -2.37. The summed E-state index contributed by atoms with van der Waals surface area (Å²) in [6, 6.07) is 3.16. The number of anilines is 1. The van der Waals surface area contributed by atoms with Crippen LogP contribution in [0.25, 0.3) is 0 Å². The van der Waals surface area contributed by atoms with Crippen LogP contribution in [0.3, 0.4) is 0 Å². The van der Waals surface area contributed by atoms with Crippen LogP contribution in [-0.4, -0.2) is 31.4 Å². The Morgan fingerprint density at radius 3 is 2.31 bits per heavy atom. The second-order valence-electron chi connectivity index (χ2n) is 2.61. The zero-order valence-electron chi connectivity index (χ0n) is 8.64. The Morgan fingerprint density at radius 1 is 1.31 bits per heavy atom. The van der Waals surface area contributed by atoms with Gasteiger partial charge in [0, 0.05) is 10.7 Å². The van der Waals surface area contributed by atoms with E-state index in [2.05, 4.69) is 30.4 Å². The zero-order valence-corrected chi connectivity index (χ0v) is 10.2. The molecule has 0 unspecified atom stereocenters. The summed E-state index contributed by atoms with van der Waals surface area (Å²) in [6.07, 6.45) is -0.284. The van der Waals surface area contributed by atoms with Crippen molar-refractivity contribution in [1.29, 1.82) is 0 Å². The van der Waals surface area contributed by atoms with Gasteiger partial charge in [-0.15, -0.1) is 0 Å². The molecule has 0 aromatic carbocycles. The second kappa shape index (κ2) is 5.45. The number of methoxy groups -OCH3 is 2. The number of carbonyl (C=O) groups is 2. The predicted molar refractivity (Wildman–Crippen MR) is 59.2 cm³/mol. The summed E-state index contributed by atoms with van der Waals surface area (Å²) in [5, 5.41) is 0. The number of imide groups is 1. The molecule has 16 heavy (non-hydrogen) atoms. The zero-order chi connectivity index (χ0) is 12.1. The fraction of sp³-hybridized carbons (Fsp3) is 0.222. The topological polar surface area (TPSA) is 68.7 Å². The number of rotatable bonds is 1. The molecule has 1 rings (SSSR count). The molecule has 0 N–H and O–H groups in total. The molecular weight excluding hydrogens is 280 g/mol. The molecule has 0 saturated carbocycles. The quantitative estimate of drug-likeness (QED) is 0.792. The monoisotopic (exact) mass is 288 g/mol. The lowest BCUT2D eigenvalue weighted by Gasteiger charge is -2.16. The van der Waals surface area contributed by atoms with Crippen LogP contribution in [0.2, 0.25) is 0 Å². The third-order valence-electron chi connectivity index (χ3n) is 1.65. The van der Waals surface area contributed by atoms with Gasteiger partial charge in [-0.25, -0.2) is 14.6 Å². The van der Waals surface area contributed by atoms with E-state index in [9.17, 15) is 9.59 Å². The maximum atomic E-state index is 11.4. The Kier molecular flexibility index (Phi) is 4.24. The van der Waals surface area contributed by atoms with E-state index < -0.39 is 12.2 Å². The molecule has 86 valence electrons. The molecule has 1 heterocycles. The van der Waals surface area contributed by atoms with Gasteiger partial charge in [0.15, 0.2) is 0 Å². The molecule has 0 bridgehead atoms. The minimum absolute atomic E-state index is 0.119. The van der Waals surface area contributed by atoms with Crippen molar-refractivity contribution in [3.63, 3.8) is 0 Å². The number of aromatic nitrogens is 1. The highest BCUT2D eigenvalue weighted by molar-refractivity contribution is 9.10. The van der Waals surface area contributed by atoms with E-state index in [1.807, 2.05) is 0 Å². The van der Waals surface area contributed by atoms with E-state index in [1.165, 1.54) is 12.3 Å². The van der Waals surface area contributed by atoms with Crippen molar-refractivity contribution in [3.8, 4) is 0 Å². The van der Waals surface area contributed by atoms with Crippen molar-refractivity contribution in [1.82, 2.24) is 4.98 Å². The fourth-order valence-corrected chi connectivity index (χ4v) is 1.28. The standard InChI is InChI=1S/C9H9BrN2O4/c1-15-8(13)12(9(14)16-2)7-5-6(10)3-4-11-7/h3-5H,1-2H3. The maximum absolute atomic E-state index is 11.4. The average molecular weight is 289 g/mol. The SMILES string of the molecule is COC(=O)N(C(=O)OC)c1cc(Br)ccn1. The number of carbonyl (C=O) groups excluding carboxylic acids is 2. The Labute approximate surface area is 100 Å². The molecule has 7 heteroatoms. The smallest absolute Gasteiger partial charge is 0.424 e. The Morgan fingerprint density at radius 2 is 1.88 bits per heavy atom. The number of ether oxygens (including phenoxy) is 2. The maximum Gasteiger partial charge on any atom is 0.424 e. The van der Waals surface area contributed by atoms with E-state index in [0.29, 0.717) is 9.37 Å². The van der Waals surface area contributed by atoms with Gasteiger partial charge in [-0.05, 0) is 12.1 Å². The van der Waals surface area contributed by atoms with Gasteiger partial charge in [-0.3, -0.25) is 0 Å². The van der Waals surface area contributed by atoms with Crippen molar-refractivity contribution in [3.05, 3.63) is 22.8 Å². The minimum Gasteiger partial charge on any atom is -0.452 e.